The van der Waals surface area contributed by atoms with Gasteiger partial charge in [-0.15, -0.1) is 0 Å². The van der Waals surface area contributed by atoms with E-state index in [1.54, 1.807) is 0 Å². The van der Waals surface area contributed by atoms with Crippen LogP contribution >= 0.6 is 0 Å². The van der Waals surface area contributed by atoms with Gasteiger partial charge in [0.05, 0.1) is 0 Å². The molecule has 1 aliphatic heterocycles. The molecule has 1 atom stereocenters. The van der Waals surface area contributed by atoms with Crippen LogP contribution in [-0.2, 0) is 11.2 Å². The predicted octanol–water partition coefficient (Wildman–Crippen LogP) is 3.72. The lowest BCUT2D eigenvalue weighted by molar-refractivity contribution is 0.0546. The summed E-state index contributed by atoms with van der Waals surface area (Å²) >= 11 is 0. The summed E-state index contributed by atoms with van der Waals surface area (Å²) in [7, 11) is 2.07. The molecule has 0 bridgehead atoms. The lowest BCUT2D eigenvalue weighted by Gasteiger charge is -2.30. The average Bonchev–Trinajstić information content (AvgIpc) is 2.48. The molecule has 0 aromatic heterocycles. The zero-order chi connectivity index (χ0) is 13.5. The Labute approximate surface area is 117 Å². The lowest BCUT2D eigenvalue weighted by atomic mass is 9.87. The van der Waals surface area contributed by atoms with Crippen LogP contribution in [0.5, 0.6) is 0 Å². The Morgan fingerprint density at radius 2 is 1.89 bits per heavy atom. The Bertz CT molecular complexity index is 354. The van der Waals surface area contributed by atoms with Gasteiger partial charge in [0.15, 0.2) is 0 Å². The monoisotopic (exact) mass is 261 g/mol. The molecule has 0 aliphatic carbocycles. The minimum Gasteiger partial charge on any atom is -0.381 e. The van der Waals surface area contributed by atoms with Gasteiger partial charge < -0.3 is 10.1 Å². The Balaban J connectivity index is 2.01. The highest BCUT2D eigenvalue weighted by molar-refractivity contribution is 5.25. The number of ether oxygens (including phenoxy) is 1. The summed E-state index contributed by atoms with van der Waals surface area (Å²) in [6, 6.07) is 9.69. The molecule has 1 heterocycles. The van der Waals surface area contributed by atoms with Crippen molar-refractivity contribution in [2.24, 2.45) is 5.92 Å². The molecule has 1 aromatic carbocycles. The third-order valence-electron chi connectivity index (χ3n) is 4.21. The molecule has 0 saturated carbocycles. The molecule has 0 amide bonds. The van der Waals surface area contributed by atoms with Gasteiger partial charge in [0.1, 0.15) is 0 Å². The topological polar surface area (TPSA) is 21.3 Å². The van der Waals surface area contributed by atoms with Crippen LogP contribution in [-0.4, -0.2) is 20.3 Å². The molecule has 2 nitrogen and oxygen atoms in total. The fourth-order valence-corrected chi connectivity index (χ4v) is 3.00. The molecule has 1 aliphatic rings. The number of hydrogen-bond acceptors (Lipinski definition) is 2. The first-order chi connectivity index (χ1) is 9.35. The molecular formula is C17H27NO. The first kappa shape index (κ1) is 14.5. The first-order valence-electron chi connectivity index (χ1n) is 7.69. The zero-order valence-corrected chi connectivity index (χ0v) is 12.3. The second kappa shape index (κ2) is 7.66. The van der Waals surface area contributed by atoms with Crippen LogP contribution in [0.1, 0.15) is 49.8 Å². The van der Waals surface area contributed by atoms with Gasteiger partial charge in [0.2, 0.25) is 0 Å². The summed E-state index contributed by atoms with van der Waals surface area (Å²) in [6.45, 7) is 4.07. The van der Waals surface area contributed by atoms with Gasteiger partial charge in [-0.2, -0.15) is 0 Å². The summed E-state index contributed by atoms with van der Waals surface area (Å²) in [5, 5.41) is 3.50. The van der Waals surface area contributed by atoms with Crippen LogP contribution in [0.2, 0.25) is 0 Å². The van der Waals surface area contributed by atoms with Crippen molar-refractivity contribution in [3.8, 4) is 0 Å². The average molecular weight is 261 g/mol. The van der Waals surface area contributed by atoms with Gasteiger partial charge in [-0.3, -0.25) is 0 Å². The van der Waals surface area contributed by atoms with Crippen molar-refractivity contribution in [1.29, 1.82) is 0 Å². The number of unbranched alkanes of at least 4 members (excludes halogenated alkanes) is 1. The first-order valence-corrected chi connectivity index (χ1v) is 7.69. The zero-order valence-electron chi connectivity index (χ0n) is 12.3. The lowest BCUT2D eigenvalue weighted by Crippen LogP contribution is -2.29. The van der Waals surface area contributed by atoms with Gasteiger partial charge in [-0.05, 0) is 49.8 Å². The van der Waals surface area contributed by atoms with E-state index in [-0.39, 0.29) is 0 Å². The van der Waals surface area contributed by atoms with Gasteiger partial charge in [0.25, 0.3) is 0 Å². The second-order valence-electron chi connectivity index (χ2n) is 5.56. The quantitative estimate of drug-likeness (QED) is 0.842. The van der Waals surface area contributed by atoms with E-state index in [2.05, 4.69) is 43.6 Å². The Kier molecular flexibility index (Phi) is 5.87. The number of nitrogens with one attached hydrogen (secondary N) is 1. The standard InChI is InChI=1S/C17H27NO/c1-3-4-5-14-6-8-15(9-7-14)17(18-2)16-10-12-19-13-11-16/h6-9,16-18H,3-5,10-13H2,1-2H3. The SMILES string of the molecule is CCCCc1ccc(C(NC)C2CCOCC2)cc1. The number of benzene rings is 1. The fourth-order valence-electron chi connectivity index (χ4n) is 3.00. The van der Waals surface area contributed by atoms with Crippen molar-refractivity contribution < 1.29 is 4.74 Å². The normalized spacial score (nSPS) is 18.4. The molecule has 19 heavy (non-hydrogen) atoms. The van der Waals surface area contributed by atoms with E-state index in [0.717, 1.165) is 13.2 Å². The maximum atomic E-state index is 5.47. The Morgan fingerprint density at radius 3 is 2.47 bits per heavy atom. The van der Waals surface area contributed by atoms with Crippen LogP contribution in [0.3, 0.4) is 0 Å². The minimum atomic E-state index is 0.476. The summed E-state index contributed by atoms with van der Waals surface area (Å²) in [6.07, 6.45) is 6.10. The Hall–Kier alpha value is -0.860. The van der Waals surface area contributed by atoms with Crippen molar-refractivity contribution in [2.75, 3.05) is 20.3 Å². The van der Waals surface area contributed by atoms with Gasteiger partial charge in [-0.25, -0.2) is 0 Å². The summed E-state index contributed by atoms with van der Waals surface area (Å²) in [4.78, 5) is 0. The third kappa shape index (κ3) is 4.05. The highest BCUT2D eigenvalue weighted by atomic mass is 16.5. The van der Waals surface area contributed by atoms with Crippen molar-refractivity contribution in [2.45, 2.75) is 45.1 Å². The Morgan fingerprint density at radius 1 is 1.21 bits per heavy atom. The van der Waals surface area contributed by atoms with Crippen LogP contribution in [0.25, 0.3) is 0 Å². The summed E-state index contributed by atoms with van der Waals surface area (Å²) in [5.41, 5.74) is 2.89. The number of rotatable bonds is 6. The molecule has 0 spiro atoms. The van der Waals surface area contributed by atoms with E-state index >= 15 is 0 Å². The van der Waals surface area contributed by atoms with Crippen LogP contribution in [0.15, 0.2) is 24.3 Å². The minimum absolute atomic E-state index is 0.476. The fraction of sp³-hybridized carbons (Fsp3) is 0.647. The van der Waals surface area contributed by atoms with Crippen molar-refractivity contribution >= 4 is 0 Å². The maximum Gasteiger partial charge on any atom is 0.0469 e. The van der Waals surface area contributed by atoms with Crippen molar-refractivity contribution in [1.82, 2.24) is 5.32 Å². The predicted molar refractivity (Wildman–Crippen MR) is 80.4 cm³/mol. The summed E-state index contributed by atoms with van der Waals surface area (Å²) < 4.78 is 5.47. The van der Waals surface area contributed by atoms with E-state index in [4.69, 9.17) is 4.74 Å². The smallest absolute Gasteiger partial charge is 0.0469 e. The van der Waals surface area contributed by atoms with Crippen molar-refractivity contribution in [3.05, 3.63) is 35.4 Å². The number of aryl methyl sites for hydroxylation is 1. The molecule has 2 rings (SSSR count). The second-order valence-corrected chi connectivity index (χ2v) is 5.56. The van der Waals surface area contributed by atoms with E-state index < -0.39 is 0 Å². The summed E-state index contributed by atoms with van der Waals surface area (Å²) in [5.74, 6) is 0.709. The van der Waals surface area contributed by atoms with Crippen LogP contribution in [0, 0.1) is 5.92 Å². The van der Waals surface area contributed by atoms with E-state index in [9.17, 15) is 0 Å². The van der Waals surface area contributed by atoms with Crippen LogP contribution in [0.4, 0.5) is 0 Å². The molecule has 106 valence electrons. The molecule has 1 N–H and O–H groups in total. The van der Waals surface area contributed by atoms with E-state index in [1.165, 1.54) is 43.2 Å². The molecule has 1 aromatic rings. The van der Waals surface area contributed by atoms with Gasteiger partial charge >= 0.3 is 0 Å². The molecule has 1 fully saturated rings. The molecular weight excluding hydrogens is 234 g/mol. The van der Waals surface area contributed by atoms with Crippen LogP contribution < -0.4 is 5.32 Å². The molecule has 1 unspecified atom stereocenters. The van der Waals surface area contributed by atoms with E-state index in [0.29, 0.717) is 12.0 Å². The van der Waals surface area contributed by atoms with Gasteiger partial charge in [0, 0.05) is 19.3 Å². The molecule has 2 heteroatoms. The highest BCUT2D eigenvalue weighted by Crippen LogP contribution is 2.29. The largest absolute Gasteiger partial charge is 0.381 e. The molecule has 1 saturated heterocycles. The highest BCUT2D eigenvalue weighted by Gasteiger charge is 2.23. The molecule has 0 radical (unpaired) electrons. The maximum absolute atomic E-state index is 5.47. The number of hydrogen-bond donors (Lipinski definition) is 1. The van der Waals surface area contributed by atoms with Crippen molar-refractivity contribution in [3.63, 3.8) is 0 Å². The van der Waals surface area contributed by atoms with E-state index in [1.807, 2.05) is 0 Å². The van der Waals surface area contributed by atoms with Gasteiger partial charge in [-0.1, -0.05) is 37.6 Å². The third-order valence-corrected chi connectivity index (χ3v) is 4.21.